The Labute approximate surface area is 148 Å². The lowest BCUT2D eigenvalue weighted by molar-refractivity contribution is 0.0924. The van der Waals surface area contributed by atoms with Crippen molar-refractivity contribution >= 4 is 15.9 Å². The van der Waals surface area contributed by atoms with Crippen LogP contribution in [0.2, 0.25) is 0 Å². The van der Waals surface area contributed by atoms with Gasteiger partial charge in [0.15, 0.2) is 0 Å². The zero-order chi connectivity index (χ0) is 17.9. The number of nitrogens with zero attached hydrogens (tertiary/aromatic N) is 1. The third-order valence-corrected chi connectivity index (χ3v) is 5.82. The van der Waals surface area contributed by atoms with Gasteiger partial charge in [-0.05, 0) is 36.1 Å². The highest BCUT2D eigenvalue weighted by Crippen LogP contribution is 2.19. The number of nitrogens with one attached hydrogen (secondary N) is 1. The summed E-state index contributed by atoms with van der Waals surface area (Å²) in [4.78, 5) is 12.4. The molecule has 0 atom stereocenters. The summed E-state index contributed by atoms with van der Waals surface area (Å²) in [7, 11) is -3.14. The molecule has 3 rings (SSSR count). The number of carbonyl (C=O) groups is 1. The number of piperidine rings is 1. The predicted octanol–water partition coefficient (Wildman–Crippen LogP) is 2.51. The zero-order valence-corrected chi connectivity index (χ0v) is 15.0. The molecule has 0 unspecified atom stereocenters. The molecule has 1 aliphatic rings. The minimum Gasteiger partial charge on any atom is -0.349 e. The molecule has 1 amide bonds. The van der Waals surface area contributed by atoms with Crippen LogP contribution < -0.4 is 5.32 Å². The van der Waals surface area contributed by atoms with E-state index in [2.05, 4.69) is 5.32 Å². The fraction of sp³-hybridized carbons (Fsp3) is 0.316. The molecule has 0 bridgehead atoms. The lowest BCUT2D eigenvalue weighted by atomic mass is 10.0. The maximum Gasteiger partial charge on any atom is 0.251 e. The average molecular weight is 358 g/mol. The molecule has 1 fully saturated rings. The molecular weight excluding hydrogens is 336 g/mol. The highest BCUT2D eigenvalue weighted by molar-refractivity contribution is 7.88. The van der Waals surface area contributed by atoms with E-state index < -0.39 is 10.0 Å². The Bertz CT molecular complexity index is 825. The number of amides is 1. The van der Waals surface area contributed by atoms with Crippen molar-refractivity contribution in [3.05, 3.63) is 60.2 Å². The SMILES string of the molecule is CS(=O)(=O)N1CCC(NC(=O)c2ccc(-c3ccccc3)cc2)CC1. The third-order valence-electron chi connectivity index (χ3n) is 4.51. The van der Waals surface area contributed by atoms with E-state index in [1.54, 1.807) is 0 Å². The summed E-state index contributed by atoms with van der Waals surface area (Å²) in [5.74, 6) is -0.114. The molecule has 0 saturated carbocycles. The molecule has 1 saturated heterocycles. The summed E-state index contributed by atoms with van der Waals surface area (Å²) in [6.45, 7) is 0.910. The topological polar surface area (TPSA) is 66.5 Å². The summed E-state index contributed by atoms with van der Waals surface area (Å²) < 4.78 is 24.5. The fourth-order valence-corrected chi connectivity index (χ4v) is 3.92. The van der Waals surface area contributed by atoms with Crippen molar-refractivity contribution in [1.29, 1.82) is 0 Å². The molecule has 25 heavy (non-hydrogen) atoms. The Morgan fingerprint density at radius 1 is 0.960 bits per heavy atom. The first kappa shape index (κ1) is 17.6. The van der Waals surface area contributed by atoms with Gasteiger partial charge in [-0.1, -0.05) is 42.5 Å². The van der Waals surface area contributed by atoms with Crippen molar-refractivity contribution in [2.75, 3.05) is 19.3 Å². The van der Waals surface area contributed by atoms with E-state index in [-0.39, 0.29) is 11.9 Å². The second-order valence-electron chi connectivity index (χ2n) is 6.35. The molecule has 0 radical (unpaired) electrons. The second-order valence-corrected chi connectivity index (χ2v) is 8.34. The molecule has 2 aromatic carbocycles. The molecule has 132 valence electrons. The maximum atomic E-state index is 12.4. The van der Waals surface area contributed by atoms with E-state index in [4.69, 9.17) is 0 Å². The van der Waals surface area contributed by atoms with Crippen molar-refractivity contribution in [2.24, 2.45) is 0 Å². The highest BCUT2D eigenvalue weighted by atomic mass is 32.2. The minimum absolute atomic E-state index is 0.0132. The van der Waals surface area contributed by atoms with Crippen LogP contribution in [0.1, 0.15) is 23.2 Å². The summed E-state index contributed by atoms with van der Waals surface area (Å²) in [5.41, 5.74) is 2.80. The van der Waals surface area contributed by atoms with E-state index in [1.165, 1.54) is 10.6 Å². The third kappa shape index (κ3) is 4.46. The van der Waals surface area contributed by atoms with Gasteiger partial charge in [-0.25, -0.2) is 12.7 Å². The van der Waals surface area contributed by atoms with Crippen LogP contribution in [0.3, 0.4) is 0 Å². The molecule has 6 heteroatoms. The quantitative estimate of drug-likeness (QED) is 0.913. The highest BCUT2D eigenvalue weighted by Gasteiger charge is 2.25. The summed E-state index contributed by atoms with van der Waals surface area (Å²) in [6, 6.07) is 17.5. The van der Waals surface area contributed by atoms with Gasteiger partial charge in [-0.15, -0.1) is 0 Å². The van der Waals surface area contributed by atoms with Crippen LogP contribution >= 0.6 is 0 Å². The van der Waals surface area contributed by atoms with Gasteiger partial charge in [0.1, 0.15) is 0 Å². The number of carbonyl (C=O) groups excluding carboxylic acids is 1. The largest absolute Gasteiger partial charge is 0.349 e. The molecule has 0 spiro atoms. The molecule has 5 nitrogen and oxygen atoms in total. The van der Waals surface area contributed by atoms with Crippen LogP contribution in [0, 0.1) is 0 Å². The van der Waals surface area contributed by atoms with E-state index >= 15 is 0 Å². The second kappa shape index (κ2) is 7.37. The van der Waals surface area contributed by atoms with Crippen molar-refractivity contribution in [1.82, 2.24) is 9.62 Å². The van der Waals surface area contributed by atoms with Gasteiger partial charge in [0.2, 0.25) is 10.0 Å². The smallest absolute Gasteiger partial charge is 0.251 e. The van der Waals surface area contributed by atoms with Gasteiger partial charge in [0.05, 0.1) is 6.26 Å². The first-order valence-corrected chi connectivity index (χ1v) is 10.2. The normalized spacial score (nSPS) is 16.5. The lowest BCUT2D eigenvalue weighted by Crippen LogP contribution is -2.46. The Morgan fingerprint density at radius 3 is 2.08 bits per heavy atom. The van der Waals surface area contributed by atoms with Gasteiger partial charge in [-0.2, -0.15) is 0 Å². The summed E-state index contributed by atoms with van der Waals surface area (Å²) >= 11 is 0. The average Bonchev–Trinajstić information content (AvgIpc) is 2.62. The number of sulfonamides is 1. The Kier molecular flexibility index (Phi) is 5.20. The van der Waals surface area contributed by atoms with Crippen molar-refractivity contribution in [2.45, 2.75) is 18.9 Å². The van der Waals surface area contributed by atoms with Crippen LogP contribution in [0.15, 0.2) is 54.6 Å². The molecule has 1 N–H and O–H groups in total. The minimum atomic E-state index is -3.14. The first-order valence-electron chi connectivity index (χ1n) is 8.35. The fourth-order valence-electron chi connectivity index (χ4n) is 3.05. The molecule has 1 aliphatic heterocycles. The van der Waals surface area contributed by atoms with Gasteiger partial charge in [-0.3, -0.25) is 4.79 Å². The molecular formula is C19H22N2O3S. The van der Waals surface area contributed by atoms with Crippen LogP contribution in [0.5, 0.6) is 0 Å². The standard InChI is InChI=1S/C19H22N2O3S/c1-25(23,24)21-13-11-18(12-14-21)20-19(22)17-9-7-16(8-10-17)15-5-3-2-4-6-15/h2-10,18H,11-14H2,1H3,(H,20,22). The molecule has 2 aromatic rings. The number of rotatable bonds is 4. The lowest BCUT2D eigenvalue weighted by Gasteiger charge is -2.30. The van der Waals surface area contributed by atoms with Gasteiger partial charge in [0, 0.05) is 24.7 Å². The van der Waals surface area contributed by atoms with Crippen LogP contribution in [0.4, 0.5) is 0 Å². The van der Waals surface area contributed by atoms with Crippen molar-refractivity contribution < 1.29 is 13.2 Å². The Morgan fingerprint density at radius 2 is 1.52 bits per heavy atom. The van der Waals surface area contributed by atoms with Crippen molar-refractivity contribution in [3.63, 3.8) is 0 Å². The molecule has 1 heterocycles. The van der Waals surface area contributed by atoms with Crippen molar-refractivity contribution in [3.8, 4) is 11.1 Å². The number of benzene rings is 2. The summed E-state index contributed by atoms with van der Waals surface area (Å²) in [6.07, 6.45) is 2.50. The van der Waals surface area contributed by atoms with E-state index in [0.29, 0.717) is 31.5 Å². The van der Waals surface area contributed by atoms with Gasteiger partial charge >= 0.3 is 0 Å². The number of hydrogen-bond acceptors (Lipinski definition) is 3. The first-order chi connectivity index (χ1) is 11.9. The molecule has 0 aromatic heterocycles. The maximum absolute atomic E-state index is 12.4. The summed E-state index contributed by atoms with van der Waals surface area (Å²) in [5, 5.41) is 3.01. The zero-order valence-electron chi connectivity index (χ0n) is 14.2. The van der Waals surface area contributed by atoms with Crippen LogP contribution in [-0.4, -0.2) is 44.0 Å². The van der Waals surface area contributed by atoms with Gasteiger partial charge < -0.3 is 5.32 Å². The number of hydrogen-bond donors (Lipinski definition) is 1. The predicted molar refractivity (Wildman–Crippen MR) is 98.8 cm³/mol. The van der Waals surface area contributed by atoms with Crippen LogP contribution in [-0.2, 0) is 10.0 Å². The Hall–Kier alpha value is -2.18. The van der Waals surface area contributed by atoms with E-state index in [0.717, 1.165) is 11.1 Å². The van der Waals surface area contributed by atoms with E-state index in [1.807, 2.05) is 54.6 Å². The monoisotopic (exact) mass is 358 g/mol. The molecule has 0 aliphatic carbocycles. The Balaban J connectivity index is 1.59. The van der Waals surface area contributed by atoms with Gasteiger partial charge in [0.25, 0.3) is 5.91 Å². The van der Waals surface area contributed by atoms with E-state index in [9.17, 15) is 13.2 Å². The van der Waals surface area contributed by atoms with Crippen LogP contribution in [0.25, 0.3) is 11.1 Å².